The van der Waals surface area contributed by atoms with Crippen molar-refractivity contribution < 1.29 is 9.47 Å². The molecule has 2 rings (SSSR count). The first-order valence-corrected chi connectivity index (χ1v) is 5.95. The van der Waals surface area contributed by atoms with E-state index >= 15 is 0 Å². The maximum absolute atomic E-state index is 6.45. The number of fused-ring (bicyclic) bond motifs is 2. The van der Waals surface area contributed by atoms with Crippen LogP contribution in [0.3, 0.4) is 0 Å². The number of ether oxygens (including phenoxy) is 2. The van der Waals surface area contributed by atoms with E-state index in [1.807, 2.05) is 0 Å². The van der Waals surface area contributed by atoms with Crippen LogP contribution in [-0.4, -0.2) is 29.8 Å². The Morgan fingerprint density at radius 1 is 0.933 bits per heavy atom. The Hall–Kier alpha value is 0.820. The van der Waals surface area contributed by atoms with Gasteiger partial charge < -0.3 is 9.47 Å². The average Bonchev–Trinajstić information content (AvgIpc) is 2.53. The van der Waals surface area contributed by atoms with Crippen molar-refractivity contribution in [2.45, 2.75) is 28.4 Å². The highest BCUT2D eigenvalue weighted by molar-refractivity contribution is 6.51. The summed E-state index contributed by atoms with van der Waals surface area (Å²) in [7, 11) is 2.98. The van der Waals surface area contributed by atoms with Gasteiger partial charge in [0.25, 0.3) is 0 Å². The number of halogens is 4. The number of rotatable bonds is 2. The molecule has 2 atom stereocenters. The summed E-state index contributed by atoms with van der Waals surface area (Å²) < 4.78 is 10.8. The first kappa shape index (κ1) is 12.3. The van der Waals surface area contributed by atoms with Crippen molar-refractivity contribution in [2.24, 2.45) is 0 Å². The van der Waals surface area contributed by atoms with Gasteiger partial charge in [-0.05, 0) is 12.8 Å². The zero-order chi connectivity index (χ0) is 11.5. The lowest BCUT2D eigenvalue weighted by Gasteiger charge is -2.40. The molecule has 0 saturated heterocycles. The molecule has 15 heavy (non-hydrogen) atoms. The van der Waals surface area contributed by atoms with Gasteiger partial charge in [0, 0.05) is 14.2 Å². The third kappa shape index (κ3) is 1.07. The molecule has 2 nitrogen and oxygen atoms in total. The summed E-state index contributed by atoms with van der Waals surface area (Å²) >= 11 is 25.1. The van der Waals surface area contributed by atoms with E-state index in [1.54, 1.807) is 0 Å². The molecular weight excluding hydrogens is 282 g/mol. The minimum atomic E-state index is -1.18. The summed E-state index contributed by atoms with van der Waals surface area (Å²) in [6.07, 6.45) is 1.16. The summed E-state index contributed by atoms with van der Waals surface area (Å²) in [5, 5.41) is 0.659. The molecule has 0 aromatic rings. The monoisotopic (exact) mass is 290 g/mol. The molecule has 0 spiro atoms. The van der Waals surface area contributed by atoms with Crippen LogP contribution >= 0.6 is 46.4 Å². The van der Waals surface area contributed by atoms with Crippen LogP contribution in [0.25, 0.3) is 0 Å². The van der Waals surface area contributed by atoms with Crippen LogP contribution in [0.4, 0.5) is 0 Å². The largest absolute Gasteiger partial charge is 0.350 e. The summed E-state index contributed by atoms with van der Waals surface area (Å²) in [6.45, 7) is 0. The number of hydrogen-bond acceptors (Lipinski definition) is 2. The summed E-state index contributed by atoms with van der Waals surface area (Å²) in [5.41, 5.74) is 0. The molecule has 0 heterocycles. The topological polar surface area (TPSA) is 18.5 Å². The molecule has 2 aliphatic carbocycles. The Labute approximate surface area is 108 Å². The molecule has 0 amide bonds. The van der Waals surface area contributed by atoms with Crippen molar-refractivity contribution in [1.82, 2.24) is 0 Å². The predicted octanol–water partition coefficient (Wildman–Crippen LogP) is 3.43. The van der Waals surface area contributed by atoms with Crippen molar-refractivity contribution in [3.8, 4) is 0 Å². The molecule has 0 aromatic heterocycles. The smallest absolute Gasteiger partial charge is 0.217 e. The van der Waals surface area contributed by atoms with Crippen LogP contribution in [0.1, 0.15) is 12.8 Å². The third-order valence-corrected chi connectivity index (χ3v) is 5.89. The lowest BCUT2D eigenvalue weighted by Crippen LogP contribution is -2.55. The summed E-state index contributed by atoms with van der Waals surface area (Å²) in [4.78, 5) is -1.95. The van der Waals surface area contributed by atoms with Crippen molar-refractivity contribution >= 4 is 46.4 Å². The first-order chi connectivity index (χ1) is 6.89. The molecule has 6 heteroatoms. The molecule has 0 aromatic carbocycles. The first-order valence-electron chi connectivity index (χ1n) is 4.44. The lowest BCUT2D eigenvalue weighted by atomic mass is 10.0. The zero-order valence-electron chi connectivity index (χ0n) is 8.24. The van der Waals surface area contributed by atoms with E-state index in [0.717, 1.165) is 0 Å². The SMILES string of the molecule is COC1(OC)[C@@]2(Cl)CC[C@@]1(Cl)C(Cl)=C2Cl. The molecule has 0 unspecified atom stereocenters. The van der Waals surface area contributed by atoms with Crippen LogP contribution in [0.15, 0.2) is 10.1 Å². The lowest BCUT2D eigenvalue weighted by molar-refractivity contribution is -0.216. The van der Waals surface area contributed by atoms with Crippen LogP contribution in [0.2, 0.25) is 0 Å². The fraction of sp³-hybridized carbons (Fsp3) is 0.778. The van der Waals surface area contributed by atoms with Gasteiger partial charge in [0.2, 0.25) is 5.79 Å². The quantitative estimate of drug-likeness (QED) is 0.573. The number of methoxy groups -OCH3 is 2. The Morgan fingerprint density at radius 2 is 1.27 bits per heavy atom. The average molecular weight is 292 g/mol. The van der Waals surface area contributed by atoms with Crippen LogP contribution in [0, 0.1) is 0 Å². The van der Waals surface area contributed by atoms with Gasteiger partial charge in [0.1, 0.15) is 9.75 Å². The molecule has 2 aliphatic rings. The van der Waals surface area contributed by atoms with E-state index in [0.29, 0.717) is 22.9 Å². The maximum atomic E-state index is 6.45. The molecule has 2 bridgehead atoms. The van der Waals surface area contributed by atoms with Gasteiger partial charge >= 0.3 is 0 Å². The fourth-order valence-corrected chi connectivity index (χ4v) is 4.49. The minimum absolute atomic E-state index is 0.329. The highest BCUT2D eigenvalue weighted by atomic mass is 35.5. The van der Waals surface area contributed by atoms with Gasteiger partial charge in [-0.3, -0.25) is 0 Å². The van der Waals surface area contributed by atoms with Gasteiger partial charge in [0.05, 0.1) is 10.1 Å². The second-order valence-electron chi connectivity index (χ2n) is 3.76. The van der Waals surface area contributed by atoms with Gasteiger partial charge in [-0.15, -0.1) is 23.2 Å². The number of alkyl halides is 2. The van der Waals surface area contributed by atoms with E-state index in [4.69, 9.17) is 55.9 Å². The fourth-order valence-electron chi connectivity index (χ4n) is 2.57. The Balaban J connectivity index is 2.65. The Morgan fingerprint density at radius 3 is 1.47 bits per heavy atom. The van der Waals surface area contributed by atoms with Crippen molar-refractivity contribution in [1.29, 1.82) is 0 Å². The van der Waals surface area contributed by atoms with Crippen molar-refractivity contribution in [2.75, 3.05) is 14.2 Å². The molecule has 0 aliphatic heterocycles. The molecule has 0 radical (unpaired) electrons. The highest BCUT2D eigenvalue weighted by Crippen LogP contribution is 2.69. The predicted molar refractivity (Wildman–Crippen MR) is 61.9 cm³/mol. The second kappa shape index (κ2) is 3.41. The summed E-state index contributed by atoms with van der Waals surface area (Å²) in [6, 6.07) is 0. The van der Waals surface area contributed by atoms with Crippen LogP contribution < -0.4 is 0 Å². The molecule has 1 fully saturated rings. The van der Waals surface area contributed by atoms with Crippen molar-refractivity contribution in [3.05, 3.63) is 10.1 Å². The maximum Gasteiger partial charge on any atom is 0.217 e. The highest BCUT2D eigenvalue weighted by Gasteiger charge is 2.77. The molecule has 0 N–H and O–H groups in total. The second-order valence-corrected chi connectivity index (χ2v) is 5.80. The van der Waals surface area contributed by atoms with Gasteiger partial charge in [-0.2, -0.15) is 0 Å². The van der Waals surface area contributed by atoms with Gasteiger partial charge in [-0.1, -0.05) is 23.2 Å². The third-order valence-electron chi connectivity index (χ3n) is 3.32. The Kier molecular flexibility index (Phi) is 2.79. The summed E-state index contributed by atoms with van der Waals surface area (Å²) in [5.74, 6) is -1.18. The molecule has 86 valence electrons. The molecule has 1 saturated carbocycles. The standard InChI is InChI=1S/C9H10Cl4O2/c1-14-9(15-2)7(12)3-4-8(9,13)6(11)5(7)10/h3-4H2,1-2H3/t7-,8-/m1/s1. The zero-order valence-corrected chi connectivity index (χ0v) is 11.3. The molecular formula is C9H10Cl4O2. The normalized spacial score (nSPS) is 42.8. The Bertz CT molecular complexity index is 311. The van der Waals surface area contributed by atoms with Crippen LogP contribution in [0.5, 0.6) is 0 Å². The van der Waals surface area contributed by atoms with Gasteiger partial charge in [0.15, 0.2) is 0 Å². The van der Waals surface area contributed by atoms with Crippen LogP contribution in [-0.2, 0) is 9.47 Å². The van der Waals surface area contributed by atoms with Crippen molar-refractivity contribution in [3.63, 3.8) is 0 Å². The van der Waals surface area contributed by atoms with E-state index in [1.165, 1.54) is 14.2 Å². The van der Waals surface area contributed by atoms with E-state index < -0.39 is 15.5 Å². The number of hydrogen-bond donors (Lipinski definition) is 0. The van der Waals surface area contributed by atoms with Gasteiger partial charge in [-0.25, -0.2) is 0 Å². The van der Waals surface area contributed by atoms with E-state index in [2.05, 4.69) is 0 Å². The van der Waals surface area contributed by atoms with E-state index in [-0.39, 0.29) is 0 Å². The minimum Gasteiger partial charge on any atom is -0.350 e. The van der Waals surface area contributed by atoms with E-state index in [9.17, 15) is 0 Å².